The van der Waals surface area contributed by atoms with Crippen LogP contribution in [-0.2, 0) is 4.65 Å². The molecule has 0 aliphatic rings. The molecule has 0 aromatic heterocycles. The van der Waals surface area contributed by atoms with Crippen LogP contribution in [0.15, 0.2) is 18.2 Å². The van der Waals surface area contributed by atoms with Gasteiger partial charge in [0.2, 0.25) is 0 Å². The molecule has 0 fully saturated rings. The van der Waals surface area contributed by atoms with Crippen molar-refractivity contribution in [3.63, 3.8) is 0 Å². The van der Waals surface area contributed by atoms with Gasteiger partial charge in [0.1, 0.15) is 0 Å². The monoisotopic (exact) mass is 302 g/mol. The molecule has 22 heavy (non-hydrogen) atoms. The Bertz CT molecular complexity index is 463. The molecule has 2 heteroatoms. The average Bonchev–Trinajstić information content (AvgIpc) is 2.32. The lowest BCUT2D eigenvalue weighted by atomic mass is 9.41. The molecule has 0 saturated carbocycles. The molecule has 124 valence electrons. The second kappa shape index (κ2) is 6.78. The third-order valence-corrected chi connectivity index (χ3v) is 3.94. The molecule has 1 nitrogen and oxygen atoms in total. The Kier molecular flexibility index (Phi) is 5.95. The van der Waals surface area contributed by atoms with Gasteiger partial charge < -0.3 is 4.65 Å². The Morgan fingerprint density at radius 1 is 0.818 bits per heavy atom. The van der Waals surface area contributed by atoms with Crippen LogP contribution in [-0.4, -0.2) is 12.5 Å². The topological polar surface area (TPSA) is 9.23 Å². The van der Waals surface area contributed by atoms with Crippen molar-refractivity contribution in [3.05, 3.63) is 29.3 Å². The van der Waals surface area contributed by atoms with Crippen molar-refractivity contribution in [1.29, 1.82) is 0 Å². The lowest BCUT2D eigenvalue weighted by Crippen LogP contribution is -2.49. The number of hydrogen-bond donors (Lipinski definition) is 0. The van der Waals surface area contributed by atoms with E-state index < -0.39 is 0 Å². The van der Waals surface area contributed by atoms with Gasteiger partial charge in [0, 0.05) is 5.60 Å². The minimum absolute atomic E-state index is 0.0575. The summed E-state index contributed by atoms with van der Waals surface area (Å²) in [7, 11) is 0. The van der Waals surface area contributed by atoms with E-state index in [1.54, 1.807) is 0 Å². The summed E-state index contributed by atoms with van der Waals surface area (Å²) in [4.78, 5) is 0. The fraction of sp³-hybridized carbons (Fsp3) is 0.700. The maximum absolute atomic E-state index is 6.57. The summed E-state index contributed by atoms with van der Waals surface area (Å²) >= 11 is 0. The lowest BCUT2D eigenvalue weighted by Gasteiger charge is -2.37. The van der Waals surface area contributed by atoms with Crippen LogP contribution in [0.3, 0.4) is 0 Å². The summed E-state index contributed by atoms with van der Waals surface area (Å²) in [5.74, 6) is 1.00. The second-order valence-corrected chi connectivity index (χ2v) is 9.14. The predicted molar refractivity (Wildman–Crippen MR) is 101 cm³/mol. The highest BCUT2D eigenvalue weighted by Crippen LogP contribution is 2.33. The molecule has 0 radical (unpaired) electrons. The Morgan fingerprint density at radius 2 is 1.23 bits per heavy atom. The van der Waals surface area contributed by atoms with E-state index in [4.69, 9.17) is 4.65 Å². The fourth-order valence-corrected chi connectivity index (χ4v) is 2.93. The molecule has 0 bridgehead atoms. The SMILES string of the molecule is CC(C)c1cccc(C(C)C)c1B(OC(C)(C)C)C(C)(C)C. The second-order valence-electron chi connectivity index (χ2n) is 9.14. The van der Waals surface area contributed by atoms with Crippen LogP contribution < -0.4 is 5.46 Å². The van der Waals surface area contributed by atoms with Gasteiger partial charge in [-0.3, -0.25) is 0 Å². The average molecular weight is 302 g/mol. The first-order valence-electron chi connectivity index (χ1n) is 8.65. The van der Waals surface area contributed by atoms with Gasteiger partial charge in [-0.2, -0.15) is 0 Å². The predicted octanol–water partition coefficient (Wildman–Crippen LogP) is 5.75. The van der Waals surface area contributed by atoms with Crippen LogP contribution >= 0.6 is 0 Å². The van der Waals surface area contributed by atoms with Crippen LogP contribution in [0.1, 0.15) is 92.2 Å². The van der Waals surface area contributed by atoms with Crippen molar-refractivity contribution in [2.45, 2.75) is 92.0 Å². The van der Waals surface area contributed by atoms with E-state index in [1.165, 1.54) is 16.6 Å². The summed E-state index contributed by atoms with van der Waals surface area (Å²) in [6.07, 6.45) is 0. The highest BCUT2D eigenvalue weighted by atomic mass is 16.5. The van der Waals surface area contributed by atoms with Gasteiger partial charge >= 0.3 is 6.92 Å². The molecule has 0 atom stereocenters. The summed E-state index contributed by atoms with van der Waals surface area (Å²) in [6.45, 7) is 22.5. The highest BCUT2D eigenvalue weighted by Gasteiger charge is 2.39. The molecule has 0 spiro atoms. The van der Waals surface area contributed by atoms with Gasteiger partial charge in [0.05, 0.1) is 0 Å². The molecule has 0 aliphatic heterocycles. The lowest BCUT2D eigenvalue weighted by molar-refractivity contribution is 0.125. The Labute approximate surface area is 139 Å². The zero-order chi connectivity index (χ0) is 17.3. The van der Waals surface area contributed by atoms with Crippen molar-refractivity contribution in [3.8, 4) is 0 Å². The fourth-order valence-electron chi connectivity index (χ4n) is 2.93. The molecule has 0 aliphatic carbocycles. The van der Waals surface area contributed by atoms with Crippen molar-refractivity contribution in [2.75, 3.05) is 0 Å². The van der Waals surface area contributed by atoms with Gasteiger partial charge in [-0.25, -0.2) is 0 Å². The molecule has 1 rings (SSSR count). The molecule has 0 amide bonds. The highest BCUT2D eigenvalue weighted by molar-refractivity contribution is 6.71. The quantitative estimate of drug-likeness (QED) is 0.644. The van der Waals surface area contributed by atoms with E-state index in [2.05, 4.69) is 87.4 Å². The zero-order valence-corrected chi connectivity index (χ0v) is 16.4. The van der Waals surface area contributed by atoms with Crippen LogP contribution in [0.4, 0.5) is 0 Å². The molecule has 0 unspecified atom stereocenters. The van der Waals surface area contributed by atoms with E-state index in [1.807, 2.05) is 0 Å². The maximum Gasteiger partial charge on any atom is 0.333 e. The molecule has 1 aromatic rings. The largest absolute Gasteiger partial charge is 0.426 e. The zero-order valence-electron chi connectivity index (χ0n) is 16.4. The third kappa shape index (κ3) is 4.88. The number of benzene rings is 1. The van der Waals surface area contributed by atoms with Crippen molar-refractivity contribution in [2.24, 2.45) is 0 Å². The van der Waals surface area contributed by atoms with E-state index >= 15 is 0 Å². The van der Waals surface area contributed by atoms with Crippen LogP contribution in [0.2, 0.25) is 5.31 Å². The van der Waals surface area contributed by atoms with Crippen LogP contribution in [0, 0.1) is 0 Å². The summed E-state index contributed by atoms with van der Waals surface area (Å²) in [5, 5.41) is 0.0575. The first kappa shape index (κ1) is 19.3. The van der Waals surface area contributed by atoms with Crippen LogP contribution in [0.5, 0.6) is 0 Å². The van der Waals surface area contributed by atoms with Crippen molar-refractivity contribution >= 4 is 12.4 Å². The normalized spacial score (nSPS) is 13.1. The maximum atomic E-state index is 6.57. The molecule has 1 aromatic carbocycles. The van der Waals surface area contributed by atoms with Crippen LogP contribution in [0.25, 0.3) is 0 Å². The molecular formula is C20H35BO. The molecule has 0 saturated heterocycles. The first-order chi connectivity index (χ1) is 9.84. The van der Waals surface area contributed by atoms with Gasteiger partial charge in [-0.15, -0.1) is 0 Å². The Morgan fingerprint density at radius 3 is 1.50 bits per heavy atom. The first-order valence-corrected chi connectivity index (χ1v) is 8.65. The third-order valence-electron chi connectivity index (χ3n) is 3.94. The van der Waals surface area contributed by atoms with Crippen molar-refractivity contribution < 1.29 is 4.65 Å². The van der Waals surface area contributed by atoms with E-state index in [-0.39, 0.29) is 17.8 Å². The van der Waals surface area contributed by atoms with Gasteiger partial charge in [0.15, 0.2) is 0 Å². The molecule has 0 N–H and O–H groups in total. The van der Waals surface area contributed by atoms with Gasteiger partial charge in [-0.1, -0.05) is 66.7 Å². The van der Waals surface area contributed by atoms with Gasteiger partial charge in [-0.05, 0) is 54.5 Å². The number of hydrogen-bond acceptors (Lipinski definition) is 1. The Balaban J connectivity index is 3.58. The summed E-state index contributed by atoms with van der Waals surface area (Å²) in [5.41, 5.74) is 4.11. The Hall–Kier alpha value is -0.755. The summed E-state index contributed by atoms with van der Waals surface area (Å²) in [6, 6.07) is 6.75. The molecular weight excluding hydrogens is 267 g/mol. The molecule has 0 heterocycles. The van der Waals surface area contributed by atoms with Crippen molar-refractivity contribution in [1.82, 2.24) is 0 Å². The standard InChI is InChI=1S/C20H35BO/c1-14(2)16-12-11-13-17(15(3)4)18(16)21(19(5,6)7)22-20(8,9)10/h11-15H,1-10H3. The van der Waals surface area contributed by atoms with Gasteiger partial charge in [0.25, 0.3) is 0 Å². The van der Waals surface area contributed by atoms with E-state index in [0.29, 0.717) is 11.8 Å². The smallest absolute Gasteiger partial charge is 0.333 e. The minimum atomic E-state index is -0.156. The minimum Gasteiger partial charge on any atom is -0.426 e. The van der Waals surface area contributed by atoms with E-state index in [0.717, 1.165) is 0 Å². The van der Waals surface area contributed by atoms with E-state index in [9.17, 15) is 0 Å². The number of rotatable bonds is 4. The summed E-state index contributed by atoms with van der Waals surface area (Å²) < 4.78 is 6.57.